The van der Waals surface area contributed by atoms with Crippen molar-refractivity contribution in [1.29, 1.82) is 0 Å². The second-order valence-electron chi connectivity index (χ2n) is 11.6. The molecule has 0 radical (unpaired) electrons. The maximum Gasteiger partial charge on any atom is 0.0631 e. The van der Waals surface area contributed by atoms with Crippen molar-refractivity contribution in [3.05, 3.63) is 0 Å². The van der Waals surface area contributed by atoms with Crippen LogP contribution in [0.5, 0.6) is 0 Å². The summed E-state index contributed by atoms with van der Waals surface area (Å²) in [6.07, 6.45) is 5.41. The highest BCUT2D eigenvalue weighted by molar-refractivity contribution is 4.93. The number of hydrogen-bond donors (Lipinski definition) is 1. The molecular weight excluding hydrogens is 334 g/mol. The Morgan fingerprint density at radius 3 is 1.48 bits per heavy atom. The highest BCUT2D eigenvalue weighted by Gasteiger charge is 2.42. The van der Waals surface area contributed by atoms with Gasteiger partial charge in [0.1, 0.15) is 0 Å². The van der Waals surface area contributed by atoms with Crippen molar-refractivity contribution in [3.63, 3.8) is 0 Å². The van der Waals surface area contributed by atoms with E-state index in [-0.39, 0.29) is 22.2 Å². The zero-order chi connectivity index (χ0) is 21.5. The molecule has 0 aromatic rings. The Morgan fingerprint density at radius 1 is 0.741 bits per heavy atom. The van der Waals surface area contributed by atoms with Gasteiger partial charge in [0.15, 0.2) is 0 Å². The van der Waals surface area contributed by atoms with Gasteiger partial charge in [-0.05, 0) is 97.8 Å². The van der Waals surface area contributed by atoms with Crippen molar-refractivity contribution in [2.45, 2.75) is 125 Å². The maximum absolute atomic E-state index is 6.38. The quantitative estimate of drug-likeness (QED) is 0.367. The lowest BCUT2D eigenvalue weighted by molar-refractivity contribution is -0.0977. The van der Waals surface area contributed by atoms with Gasteiger partial charge in [-0.1, -0.05) is 27.7 Å². The molecule has 0 aromatic carbocycles. The molecule has 0 amide bonds. The van der Waals surface area contributed by atoms with Gasteiger partial charge in [0.2, 0.25) is 0 Å². The van der Waals surface area contributed by atoms with Crippen LogP contribution in [0.25, 0.3) is 0 Å². The van der Waals surface area contributed by atoms with E-state index in [0.29, 0.717) is 18.4 Å². The van der Waals surface area contributed by atoms with Crippen LogP contribution in [0.15, 0.2) is 0 Å². The minimum Gasteiger partial charge on any atom is -0.376 e. The fraction of sp³-hybridized carbons (Fsp3) is 1.00. The molecule has 27 heavy (non-hydrogen) atoms. The molecule has 0 aromatic heterocycles. The minimum atomic E-state index is -0.181. The predicted octanol–water partition coefficient (Wildman–Crippen LogP) is 6.58. The summed E-state index contributed by atoms with van der Waals surface area (Å²) in [5.41, 5.74) is 5.89. The van der Waals surface area contributed by atoms with E-state index in [1.54, 1.807) is 0 Å². The lowest BCUT2D eigenvalue weighted by Gasteiger charge is -2.46. The second-order valence-corrected chi connectivity index (χ2v) is 11.6. The Labute approximate surface area is 171 Å². The minimum absolute atomic E-state index is 0.117. The van der Waals surface area contributed by atoms with Gasteiger partial charge in [-0.15, -0.1) is 0 Å². The van der Waals surface area contributed by atoms with Crippen LogP contribution in [0.1, 0.15) is 108 Å². The topological polar surface area (TPSA) is 44.5 Å². The summed E-state index contributed by atoms with van der Waals surface area (Å²) < 4.78 is 12.5. The van der Waals surface area contributed by atoms with Crippen molar-refractivity contribution in [2.24, 2.45) is 23.0 Å². The average Bonchev–Trinajstić information content (AvgIpc) is 2.31. The third-order valence-corrected chi connectivity index (χ3v) is 5.06. The number of hydrogen-bond acceptors (Lipinski definition) is 3. The van der Waals surface area contributed by atoms with Crippen LogP contribution in [-0.4, -0.2) is 30.0 Å². The molecule has 0 aliphatic rings. The van der Waals surface area contributed by atoms with Crippen LogP contribution in [0.4, 0.5) is 0 Å². The van der Waals surface area contributed by atoms with Gasteiger partial charge in [-0.25, -0.2) is 0 Å². The van der Waals surface area contributed by atoms with E-state index in [4.69, 9.17) is 15.2 Å². The molecule has 0 rings (SSSR count). The van der Waals surface area contributed by atoms with E-state index in [0.717, 1.165) is 25.9 Å². The molecule has 0 saturated carbocycles. The normalized spacial score (nSPS) is 14.4. The van der Waals surface area contributed by atoms with E-state index in [1.807, 2.05) is 0 Å². The summed E-state index contributed by atoms with van der Waals surface area (Å²) in [5.74, 6) is 1.31. The van der Waals surface area contributed by atoms with Crippen molar-refractivity contribution in [3.8, 4) is 0 Å². The fourth-order valence-electron chi connectivity index (χ4n) is 5.06. The van der Waals surface area contributed by atoms with Gasteiger partial charge in [-0.3, -0.25) is 0 Å². The Morgan fingerprint density at radius 2 is 1.15 bits per heavy atom. The molecule has 0 bridgehead atoms. The van der Waals surface area contributed by atoms with Gasteiger partial charge in [0.25, 0.3) is 0 Å². The number of nitrogens with two attached hydrogens (primary N) is 1. The summed E-state index contributed by atoms with van der Waals surface area (Å²) >= 11 is 0. The third kappa shape index (κ3) is 12.9. The zero-order valence-corrected chi connectivity index (χ0v) is 20.5. The Hall–Kier alpha value is -0.120. The summed E-state index contributed by atoms with van der Waals surface area (Å²) in [7, 11) is 0. The van der Waals surface area contributed by atoms with Crippen molar-refractivity contribution >= 4 is 0 Å². The van der Waals surface area contributed by atoms with Crippen LogP contribution >= 0.6 is 0 Å². The summed E-state index contributed by atoms with van der Waals surface area (Å²) in [5, 5.41) is 0. The van der Waals surface area contributed by atoms with Gasteiger partial charge in [0, 0.05) is 18.8 Å². The van der Waals surface area contributed by atoms with E-state index >= 15 is 0 Å². The van der Waals surface area contributed by atoms with E-state index in [2.05, 4.69) is 76.2 Å². The predicted molar refractivity (Wildman–Crippen MR) is 119 cm³/mol. The standard InChI is InChI=1S/C24H51NO2/c1-12-26-22(8,9)17-24(15-19(2)3,16-20(4)5)18-23(10,11)27-14-13-21(6,7)25/h19-20H,12-18,25H2,1-11H3. The highest BCUT2D eigenvalue weighted by Crippen LogP contribution is 2.47. The third-order valence-electron chi connectivity index (χ3n) is 5.06. The molecular formula is C24H51NO2. The number of ether oxygens (including phenoxy) is 2. The fourth-order valence-corrected chi connectivity index (χ4v) is 5.06. The zero-order valence-electron chi connectivity index (χ0n) is 20.5. The Kier molecular flexibility index (Phi) is 10.6. The van der Waals surface area contributed by atoms with Crippen molar-refractivity contribution in [1.82, 2.24) is 0 Å². The smallest absolute Gasteiger partial charge is 0.0631 e. The summed E-state index contributed by atoms with van der Waals surface area (Å²) in [6, 6.07) is 0. The van der Waals surface area contributed by atoms with Crippen LogP contribution in [-0.2, 0) is 9.47 Å². The van der Waals surface area contributed by atoms with Crippen LogP contribution in [0, 0.1) is 17.3 Å². The summed E-state index contributed by atoms with van der Waals surface area (Å²) in [4.78, 5) is 0. The van der Waals surface area contributed by atoms with Crippen LogP contribution in [0.3, 0.4) is 0 Å². The molecule has 0 heterocycles. The van der Waals surface area contributed by atoms with Gasteiger partial charge < -0.3 is 15.2 Å². The van der Waals surface area contributed by atoms with Crippen molar-refractivity contribution in [2.75, 3.05) is 13.2 Å². The lowest BCUT2D eigenvalue weighted by Crippen LogP contribution is -2.43. The molecule has 3 nitrogen and oxygen atoms in total. The van der Waals surface area contributed by atoms with Crippen molar-refractivity contribution < 1.29 is 9.47 Å². The first-order chi connectivity index (χ1) is 12.0. The first-order valence-electron chi connectivity index (χ1n) is 11.1. The lowest BCUT2D eigenvalue weighted by atomic mass is 9.64. The Bertz CT molecular complexity index is 395. The number of rotatable bonds is 14. The molecule has 0 atom stereocenters. The molecule has 0 fully saturated rings. The monoisotopic (exact) mass is 385 g/mol. The largest absolute Gasteiger partial charge is 0.376 e. The molecule has 2 N–H and O–H groups in total. The highest BCUT2D eigenvalue weighted by atomic mass is 16.5. The molecule has 0 saturated heterocycles. The molecule has 0 unspecified atom stereocenters. The van der Waals surface area contributed by atoms with Crippen LogP contribution < -0.4 is 5.73 Å². The molecule has 0 aliphatic carbocycles. The van der Waals surface area contributed by atoms with Crippen LogP contribution in [0.2, 0.25) is 0 Å². The Balaban J connectivity index is 5.51. The van der Waals surface area contributed by atoms with Gasteiger partial charge in [0.05, 0.1) is 11.2 Å². The molecule has 0 spiro atoms. The van der Waals surface area contributed by atoms with Gasteiger partial charge >= 0.3 is 0 Å². The second kappa shape index (κ2) is 10.6. The van der Waals surface area contributed by atoms with E-state index in [1.165, 1.54) is 12.8 Å². The van der Waals surface area contributed by atoms with E-state index < -0.39 is 0 Å². The molecule has 0 aliphatic heterocycles. The summed E-state index contributed by atoms with van der Waals surface area (Å²) in [6.45, 7) is 26.1. The average molecular weight is 386 g/mol. The maximum atomic E-state index is 6.38. The first kappa shape index (κ1) is 26.9. The molecule has 164 valence electrons. The molecule has 3 heteroatoms. The first-order valence-corrected chi connectivity index (χ1v) is 11.1. The van der Waals surface area contributed by atoms with E-state index in [9.17, 15) is 0 Å². The SMILES string of the molecule is CCOC(C)(C)CC(CC(C)C)(CC(C)C)CC(C)(C)OCCC(C)(C)N. The van der Waals surface area contributed by atoms with Gasteiger partial charge in [-0.2, -0.15) is 0 Å².